The SMILES string of the molecule is C=CCOC(=O)C1=C(C)OC(N)=C(C#N)C12C(=O)Nc1ccc(C)cc12. The number of nitrogens with two attached hydrogens (primary N) is 1. The van der Waals surface area contributed by atoms with Crippen LogP contribution in [-0.4, -0.2) is 18.5 Å². The van der Waals surface area contributed by atoms with Crippen molar-refractivity contribution >= 4 is 17.6 Å². The lowest BCUT2D eigenvalue weighted by Crippen LogP contribution is -2.45. The zero-order chi connectivity index (χ0) is 19.1. The molecule has 2 aliphatic heterocycles. The highest BCUT2D eigenvalue weighted by atomic mass is 16.5. The molecule has 1 atom stereocenters. The summed E-state index contributed by atoms with van der Waals surface area (Å²) in [6, 6.07) is 7.24. The van der Waals surface area contributed by atoms with E-state index in [1.165, 1.54) is 13.0 Å². The van der Waals surface area contributed by atoms with Crippen LogP contribution in [0.2, 0.25) is 0 Å². The van der Waals surface area contributed by atoms with E-state index in [9.17, 15) is 14.9 Å². The van der Waals surface area contributed by atoms with E-state index < -0.39 is 17.3 Å². The van der Waals surface area contributed by atoms with Crippen molar-refractivity contribution in [1.82, 2.24) is 0 Å². The van der Waals surface area contributed by atoms with Gasteiger partial charge < -0.3 is 20.5 Å². The van der Waals surface area contributed by atoms with Gasteiger partial charge >= 0.3 is 5.97 Å². The zero-order valence-corrected chi connectivity index (χ0v) is 14.4. The van der Waals surface area contributed by atoms with E-state index in [4.69, 9.17) is 15.2 Å². The largest absolute Gasteiger partial charge is 0.458 e. The number of anilines is 1. The van der Waals surface area contributed by atoms with E-state index in [0.717, 1.165) is 5.56 Å². The van der Waals surface area contributed by atoms with E-state index in [1.807, 2.05) is 19.1 Å². The molecule has 1 spiro atoms. The average molecular weight is 351 g/mol. The second kappa shape index (κ2) is 6.08. The number of aryl methyl sites for hydroxylation is 1. The Morgan fingerprint density at radius 2 is 2.23 bits per heavy atom. The molecule has 3 N–H and O–H groups in total. The average Bonchev–Trinajstić information content (AvgIpc) is 2.86. The Kier molecular flexibility index (Phi) is 4.04. The number of fused-ring (bicyclic) bond motifs is 2. The highest BCUT2D eigenvalue weighted by Crippen LogP contribution is 2.52. The van der Waals surface area contributed by atoms with Crippen LogP contribution >= 0.6 is 0 Å². The van der Waals surface area contributed by atoms with Gasteiger partial charge in [-0.15, -0.1) is 0 Å². The van der Waals surface area contributed by atoms with Crippen LogP contribution in [0.1, 0.15) is 18.1 Å². The number of nitriles is 1. The van der Waals surface area contributed by atoms with E-state index in [0.29, 0.717) is 11.3 Å². The standard InChI is InChI=1S/C19H17N3O4/c1-4-7-25-17(23)15-11(3)26-16(21)13(9-20)19(15)12-8-10(2)5-6-14(12)22-18(19)24/h4-6,8H,1,7,21H2,2-3H3,(H,22,24). The summed E-state index contributed by atoms with van der Waals surface area (Å²) >= 11 is 0. The number of rotatable bonds is 3. The minimum atomic E-state index is -1.71. The fourth-order valence-corrected chi connectivity index (χ4v) is 3.40. The summed E-state index contributed by atoms with van der Waals surface area (Å²) in [5, 5.41) is 12.5. The van der Waals surface area contributed by atoms with Gasteiger partial charge in [0.2, 0.25) is 11.8 Å². The van der Waals surface area contributed by atoms with Crippen molar-refractivity contribution in [2.75, 3.05) is 11.9 Å². The molecule has 7 heteroatoms. The van der Waals surface area contributed by atoms with Crippen molar-refractivity contribution in [3.63, 3.8) is 0 Å². The smallest absolute Gasteiger partial charge is 0.339 e. The van der Waals surface area contributed by atoms with Crippen LogP contribution in [0.15, 0.2) is 53.6 Å². The Morgan fingerprint density at radius 3 is 2.88 bits per heavy atom. The molecule has 2 aliphatic rings. The molecule has 1 unspecified atom stereocenters. The van der Waals surface area contributed by atoms with Crippen molar-refractivity contribution in [3.8, 4) is 6.07 Å². The minimum Gasteiger partial charge on any atom is -0.458 e. The van der Waals surface area contributed by atoms with Gasteiger partial charge in [0.05, 0.1) is 0 Å². The number of nitrogens with zero attached hydrogens (tertiary/aromatic N) is 1. The van der Waals surface area contributed by atoms with E-state index in [1.54, 1.807) is 12.1 Å². The number of amides is 1. The molecule has 0 aromatic heterocycles. The molecule has 1 aromatic rings. The van der Waals surface area contributed by atoms with Crippen molar-refractivity contribution in [1.29, 1.82) is 5.26 Å². The molecule has 26 heavy (non-hydrogen) atoms. The number of allylic oxidation sites excluding steroid dienone is 1. The second-order valence-corrected chi connectivity index (χ2v) is 6.02. The van der Waals surface area contributed by atoms with Gasteiger partial charge in [-0.1, -0.05) is 30.4 Å². The molecule has 0 radical (unpaired) electrons. The maximum absolute atomic E-state index is 13.1. The number of carbonyl (C=O) groups is 2. The van der Waals surface area contributed by atoms with E-state index in [-0.39, 0.29) is 29.4 Å². The number of hydrogen-bond acceptors (Lipinski definition) is 6. The molecule has 0 saturated carbocycles. The van der Waals surface area contributed by atoms with Gasteiger partial charge in [-0.2, -0.15) is 5.26 Å². The van der Waals surface area contributed by atoms with Gasteiger partial charge in [-0.05, 0) is 19.9 Å². The van der Waals surface area contributed by atoms with Crippen LogP contribution in [0.3, 0.4) is 0 Å². The van der Waals surface area contributed by atoms with E-state index >= 15 is 0 Å². The Balaban J connectivity index is 2.36. The number of carbonyl (C=O) groups excluding carboxylic acids is 2. The lowest BCUT2D eigenvalue weighted by Gasteiger charge is -2.33. The zero-order valence-electron chi connectivity index (χ0n) is 14.4. The minimum absolute atomic E-state index is 0.0466. The summed E-state index contributed by atoms with van der Waals surface area (Å²) in [4.78, 5) is 25.9. The second-order valence-electron chi connectivity index (χ2n) is 6.02. The molecule has 2 heterocycles. The van der Waals surface area contributed by atoms with Gasteiger partial charge in [-0.3, -0.25) is 4.79 Å². The van der Waals surface area contributed by atoms with Crippen molar-refractivity contribution < 1.29 is 19.1 Å². The fourth-order valence-electron chi connectivity index (χ4n) is 3.40. The summed E-state index contributed by atoms with van der Waals surface area (Å²) in [5.41, 5.74) is 5.83. The first kappa shape index (κ1) is 17.3. The first-order chi connectivity index (χ1) is 12.4. The molecule has 1 aromatic carbocycles. The highest BCUT2D eigenvalue weighted by Gasteiger charge is 2.59. The van der Waals surface area contributed by atoms with Crippen LogP contribution in [0.5, 0.6) is 0 Å². The van der Waals surface area contributed by atoms with Crippen LogP contribution in [0.25, 0.3) is 0 Å². The molecule has 7 nitrogen and oxygen atoms in total. The predicted octanol–water partition coefficient (Wildman–Crippen LogP) is 1.91. The maximum Gasteiger partial charge on any atom is 0.339 e. The third kappa shape index (κ3) is 2.19. The van der Waals surface area contributed by atoms with Crippen LogP contribution in [-0.2, 0) is 24.5 Å². The monoisotopic (exact) mass is 351 g/mol. The Labute approximate surface area is 150 Å². The van der Waals surface area contributed by atoms with Crippen molar-refractivity contribution in [2.24, 2.45) is 5.73 Å². The number of benzene rings is 1. The molecular weight excluding hydrogens is 334 g/mol. The Hall–Kier alpha value is -3.53. The summed E-state index contributed by atoms with van der Waals surface area (Å²) in [6.45, 7) is 6.82. The molecule has 132 valence electrons. The molecule has 0 fully saturated rings. The van der Waals surface area contributed by atoms with Crippen molar-refractivity contribution in [2.45, 2.75) is 19.3 Å². The maximum atomic E-state index is 13.1. The molecule has 1 amide bonds. The Morgan fingerprint density at radius 1 is 1.50 bits per heavy atom. The van der Waals surface area contributed by atoms with Gasteiger partial charge in [0.15, 0.2) is 5.41 Å². The van der Waals surface area contributed by atoms with Gasteiger partial charge in [0.25, 0.3) is 0 Å². The normalized spacial score (nSPS) is 21.0. The van der Waals surface area contributed by atoms with Gasteiger partial charge in [0.1, 0.15) is 29.6 Å². The summed E-state index contributed by atoms with van der Waals surface area (Å²) in [7, 11) is 0. The predicted molar refractivity (Wildman–Crippen MR) is 93.3 cm³/mol. The summed E-state index contributed by atoms with van der Waals surface area (Å²) in [5.74, 6) is -1.42. The summed E-state index contributed by atoms with van der Waals surface area (Å²) < 4.78 is 10.6. The number of esters is 1. The topological polar surface area (TPSA) is 114 Å². The lowest BCUT2D eigenvalue weighted by atomic mass is 9.68. The molecule has 0 aliphatic carbocycles. The van der Waals surface area contributed by atoms with Gasteiger partial charge in [0, 0.05) is 11.3 Å². The number of hydrogen-bond donors (Lipinski definition) is 2. The van der Waals surface area contributed by atoms with Crippen LogP contribution < -0.4 is 11.1 Å². The van der Waals surface area contributed by atoms with E-state index in [2.05, 4.69) is 11.9 Å². The summed E-state index contributed by atoms with van der Waals surface area (Å²) in [6.07, 6.45) is 1.41. The molecule has 0 saturated heterocycles. The highest BCUT2D eigenvalue weighted by molar-refractivity contribution is 6.17. The van der Waals surface area contributed by atoms with Crippen molar-refractivity contribution in [3.05, 3.63) is 64.8 Å². The molecule has 0 bridgehead atoms. The fraction of sp³-hybridized carbons (Fsp3) is 0.211. The third-order valence-electron chi connectivity index (χ3n) is 4.43. The number of nitrogens with one attached hydrogen (secondary N) is 1. The number of ether oxygens (including phenoxy) is 2. The lowest BCUT2D eigenvalue weighted by molar-refractivity contribution is -0.140. The van der Waals surface area contributed by atoms with Crippen LogP contribution in [0.4, 0.5) is 5.69 Å². The Bertz CT molecular complexity index is 952. The first-order valence-electron chi connectivity index (χ1n) is 7.88. The first-order valence-corrected chi connectivity index (χ1v) is 7.88. The van der Waals surface area contributed by atoms with Crippen LogP contribution in [0, 0.1) is 18.3 Å². The quantitative estimate of drug-likeness (QED) is 0.635. The van der Waals surface area contributed by atoms with Gasteiger partial charge in [-0.25, -0.2) is 4.79 Å². The molecular formula is C19H17N3O4. The third-order valence-corrected chi connectivity index (χ3v) is 4.43. The molecule has 3 rings (SSSR count).